The minimum atomic E-state index is 0.414. The quantitative estimate of drug-likeness (QED) is 0.472. The summed E-state index contributed by atoms with van der Waals surface area (Å²) >= 11 is 3.70. The molecule has 2 aromatic carbocycles. The van der Waals surface area contributed by atoms with Gasteiger partial charge in [-0.3, -0.25) is 0 Å². The largest absolute Gasteiger partial charge is 0.362 e. The molecule has 1 aliphatic rings. The monoisotopic (exact) mass is 479 g/mol. The molecule has 2 N–H and O–H groups in total. The number of hydrogen-bond donors (Lipinski definition) is 2. The number of anilines is 2. The van der Waals surface area contributed by atoms with Crippen LogP contribution >= 0.6 is 15.9 Å². The molecule has 0 amide bonds. The molecule has 1 fully saturated rings. The van der Waals surface area contributed by atoms with Crippen molar-refractivity contribution >= 4 is 44.7 Å². The van der Waals surface area contributed by atoms with E-state index in [1.807, 2.05) is 32.3 Å². The van der Waals surface area contributed by atoms with Gasteiger partial charge in [-0.1, -0.05) is 58.4 Å². The lowest BCUT2D eigenvalue weighted by Gasteiger charge is -2.30. The number of hydrogen-bond acceptors (Lipinski definition) is 5. The maximum atomic E-state index is 4.79. The lowest BCUT2D eigenvalue weighted by molar-refractivity contribution is 0.362. The molecule has 1 aliphatic carbocycles. The van der Waals surface area contributed by atoms with E-state index >= 15 is 0 Å². The van der Waals surface area contributed by atoms with E-state index in [9.17, 15) is 0 Å². The SMILES string of the molecule is CN(C)c1nc(NC2CCC(NC/C(Br)=C/c3ccccc3)CC2)nc2ccccc12. The number of benzene rings is 2. The average Bonchev–Trinajstić information content (AvgIpc) is 2.78. The van der Waals surface area contributed by atoms with E-state index in [0.29, 0.717) is 12.1 Å². The van der Waals surface area contributed by atoms with Crippen LogP contribution in [0.4, 0.5) is 11.8 Å². The van der Waals surface area contributed by atoms with E-state index < -0.39 is 0 Å². The van der Waals surface area contributed by atoms with Gasteiger partial charge in [0.2, 0.25) is 5.95 Å². The molecule has 3 aromatic rings. The second kappa shape index (κ2) is 10.2. The summed E-state index contributed by atoms with van der Waals surface area (Å²) < 4.78 is 1.18. The third-order valence-corrected chi connectivity index (χ3v) is 6.26. The summed E-state index contributed by atoms with van der Waals surface area (Å²) in [6.45, 7) is 0.859. The van der Waals surface area contributed by atoms with Crippen LogP contribution in [0.2, 0.25) is 0 Å². The van der Waals surface area contributed by atoms with Gasteiger partial charge in [-0.15, -0.1) is 0 Å². The van der Waals surface area contributed by atoms with Crippen LogP contribution in [0, 0.1) is 0 Å². The van der Waals surface area contributed by atoms with Gasteiger partial charge in [0.15, 0.2) is 0 Å². The Morgan fingerprint density at radius 1 is 0.968 bits per heavy atom. The molecule has 1 saturated carbocycles. The van der Waals surface area contributed by atoms with Crippen LogP contribution in [0.1, 0.15) is 31.2 Å². The summed E-state index contributed by atoms with van der Waals surface area (Å²) in [6, 6.07) is 19.6. The Hall–Kier alpha value is -2.44. The predicted octanol–water partition coefficient (Wildman–Crippen LogP) is 5.44. The normalized spacial score (nSPS) is 19.4. The fourth-order valence-corrected chi connectivity index (χ4v) is 4.54. The van der Waals surface area contributed by atoms with Gasteiger partial charge >= 0.3 is 0 Å². The van der Waals surface area contributed by atoms with E-state index in [0.717, 1.165) is 54.9 Å². The Morgan fingerprint density at radius 3 is 2.39 bits per heavy atom. The maximum absolute atomic E-state index is 4.79. The fraction of sp³-hybridized carbons (Fsp3) is 0.360. The van der Waals surface area contributed by atoms with Gasteiger partial charge in [-0.05, 0) is 49.5 Å². The molecule has 0 unspecified atom stereocenters. The van der Waals surface area contributed by atoms with E-state index in [1.54, 1.807) is 0 Å². The molecule has 0 bridgehead atoms. The van der Waals surface area contributed by atoms with Crippen molar-refractivity contribution in [3.8, 4) is 0 Å². The van der Waals surface area contributed by atoms with Gasteiger partial charge in [0.1, 0.15) is 5.82 Å². The summed E-state index contributed by atoms with van der Waals surface area (Å²) in [7, 11) is 4.06. The summed E-state index contributed by atoms with van der Waals surface area (Å²) in [5.41, 5.74) is 2.20. The Kier molecular flexibility index (Phi) is 7.20. The number of rotatable bonds is 7. The second-order valence-corrected chi connectivity index (χ2v) is 9.38. The van der Waals surface area contributed by atoms with Crippen LogP contribution in [0.15, 0.2) is 59.1 Å². The van der Waals surface area contributed by atoms with Crippen molar-refractivity contribution in [3.05, 3.63) is 64.6 Å². The van der Waals surface area contributed by atoms with Crippen molar-refractivity contribution in [1.82, 2.24) is 15.3 Å². The zero-order chi connectivity index (χ0) is 21.6. The first-order valence-electron chi connectivity index (χ1n) is 10.9. The molecule has 0 aliphatic heterocycles. The van der Waals surface area contributed by atoms with Crippen LogP contribution in [-0.4, -0.2) is 42.7 Å². The van der Waals surface area contributed by atoms with Gasteiger partial charge in [-0.25, -0.2) is 4.98 Å². The predicted molar refractivity (Wildman–Crippen MR) is 135 cm³/mol. The molecule has 4 rings (SSSR count). The Balaban J connectivity index is 1.31. The van der Waals surface area contributed by atoms with Crippen molar-refractivity contribution < 1.29 is 0 Å². The number of halogens is 1. The van der Waals surface area contributed by atoms with E-state index in [2.05, 4.69) is 73.9 Å². The molecular weight excluding hydrogens is 450 g/mol. The minimum Gasteiger partial charge on any atom is -0.362 e. The average molecular weight is 480 g/mol. The Bertz CT molecular complexity index is 1030. The lowest BCUT2D eigenvalue weighted by atomic mass is 9.91. The number of para-hydroxylation sites is 1. The van der Waals surface area contributed by atoms with E-state index in [1.165, 1.54) is 10.0 Å². The van der Waals surface area contributed by atoms with Gasteiger partial charge < -0.3 is 15.5 Å². The fourth-order valence-electron chi connectivity index (χ4n) is 4.11. The van der Waals surface area contributed by atoms with E-state index in [-0.39, 0.29) is 0 Å². The van der Waals surface area contributed by atoms with Crippen molar-refractivity contribution in [1.29, 1.82) is 0 Å². The standard InChI is InChI=1S/C25H30BrN5/c1-31(2)24-22-10-6-7-11-23(22)29-25(30-24)28-21-14-12-20(13-15-21)27-17-19(26)16-18-8-4-3-5-9-18/h3-11,16,20-21,27H,12-15,17H2,1-2H3,(H,28,29,30)/b19-16-. The molecule has 31 heavy (non-hydrogen) atoms. The van der Waals surface area contributed by atoms with Gasteiger partial charge in [0, 0.05) is 42.6 Å². The molecule has 0 saturated heterocycles. The maximum Gasteiger partial charge on any atom is 0.225 e. The van der Waals surface area contributed by atoms with Gasteiger partial charge in [0.25, 0.3) is 0 Å². The highest BCUT2D eigenvalue weighted by Crippen LogP contribution is 2.26. The summed E-state index contributed by atoms with van der Waals surface area (Å²) in [6.07, 6.45) is 6.71. The first-order chi connectivity index (χ1) is 15.1. The summed E-state index contributed by atoms with van der Waals surface area (Å²) in [5, 5.41) is 8.37. The third kappa shape index (κ3) is 5.83. The Morgan fingerprint density at radius 2 is 1.65 bits per heavy atom. The van der Waals surface area contributed by atoms with Crippen molar-refractivity contribution in [3.63, 3.8) is 0 Å². The smallest absolute Gasteiger partial charge is 0.225 e. The molecule has 162 valence electrons. The number of aromatic nitrogens is 2. The third-order valence-electron chi connectivity index (χ3n) is 5.75. The van der Waals surface area contributed by atoms with Crippen LogP contribution in [0.25, 0.3) is 17.0 Å². The van der Waals surface area contributed by atoms with Crippen molar-refractivity contribution in [2.45, 2.75) is 37.8 Å². The van der Waals surface area contributed by atoms with E-state index in [4.69, 9.17) is 9.97 Å². The number of nitrogens with zero attached hydrogens (tertiary/aromatic N) is 3. The topological polar surface area (TPSA) is 53.1 Å². The highest BCUT2D eigenvalue weighted by molar-refractivity contribution is 9.11. The first-order valence-corrected chi connectivity index (χ1v) is 11.7. The first kappa shape index (κ1) is 21.8. The van der Waals surface area contributed by atoms with Crippen molar-refractivity contribution in [2.75, 3.05) is 30.9 Å². The van der Waals surface area contributed by atoms with Gasteiger partial charge in [-0.2, -0.15) is 4.98 Å². The second-order valence-electron chi connectivity index (χ2n) is 8.36. The lowest BCUT2D eigenvalue weighted by Crippen LogP contribution is -2.37. The van der Waals surface area contributed by atoms with Crippen molar-refractivity contribution in [2.24, 2.45) is 0 Å². The van der Waals surface area contributed by atoms with Gasteiger partial charge in [0.05, 0.1) is 5.52 Å². The molecule has 6 heteroatoms. The molecule has 0 radical (unpaired) electrons. The number of fused-ring (bicyclic) bond motifs is 1. The zero-order valence-corrected chi connectivity index (χ0v) is 19.8. The molecule has 1 aromatic heterocycles. The Labute approximate surface area is 193 Å². The van der Waals surface area contributed by atoms with Crippen LogP contribution in [0.3, 0.4) is 0 Å². The molecule has 5 nitrogen and oxygen atoms in total. The molecular formula is C25H30BrN5. The molecule has 0 spiro atoms. The summed E-state index contributed by atoms with van der Waals surface area (Å²) in [5.74, 6) is 1.69. The zero-order valence-electron chi connectivity index (χ0n) is 18.2. The molecule has 1 heterocycles. The highest BCUT2D eigenvalue weighted by Gasteiger charge is 2.22. The highest BCUT2D eigenvalue weighted by atomic mass is 79.9. The van der Waals surface area contributed by atoms with Crippen LogP contribution in [-0.2, 0) is 0 Å². The number of nitrogens with one attached hydrogen (secondary N) is 2. The van der Waals surface area contributed by atoms with Crippen LogP contribution in [0.5, 0.6) is 0 Å². The molecule has 0 atom stereocenters. The van der Waals surface area contributed by atoms with Crippen LogP contribution < -0.4 is 15.5 Å². The minimum absolute atomic E-state index is 0.414. The summed E-state index contributed by atoms with van der Waals surface area (Å²) in [4.78, 5) is 11.6.